The summed E-state index contributed by atoms with van der Waals surface area (Å²) in [6, 6.07) is 11.1. The quantitative estimate of drug-likeness (QED) is 0.210. The van der Waals surface area contributed by atoms with Gasteiger partial charge in [-0.2, -0.15) is 0 Å². The second-order valence-corrected chi connectivity index (χ2v) is 9.32. The van der Waals surface area contributed by atoms with Crippen LogP contribution in [0, 0.1) is 0 Å². The number of unbranched alkanes of at least 4 members (excludes halogenated alkanes) is 1. The van der Waals surface area contributed by atoms with Crippen molar-refractivity contribution in [2.45, 2.75) is 52.1 Å². The Kier molecular flexibility index (Phi) is 10.2. The summed E-state index contributed by atoms with van der Waals surface area (Å²) >= 11 is 0. The first kappa shape index (κ1) is 29.8. The van der Waals surface area contributed by atoms with Crippen LogP contribution in [0.4, 0.5) is 0 Å². The highest BCUT2D eigenvalue weighted by Gasteiger charge is 2.31. The first-order valence-corrected chi connectivity index (χ1v) is 13.6. The molecule has 0 aliphatic carbocycles. The van der Waals surface area contributed by atoms with Crippen LogP contribution in [0.1, 0.15) is 66.4 Å². The molecule has 2 atom stereocenters. The lowest BCUT2D eigenvalue weighted by atomic mass is 9.98. The van der Waals surface area contributed by atoms with Gasteiger partial charge in [-0.3, -0.25) is 4.57 Å². The van der Waals surface area contributed by atoms with Gasteiger partial charge in [0.1, 0.15) is 11.5 Å². The molecule has 0 bridgehead atoms. The van der Waals surface area contributed by atoms with Crippen molar-refractivity contribution in [1.82, 2.24) is 9.55 Å². The van der Waals surface area contributed by atoms with Gasteiger partial charge in [0.15, 0.2) is 0 Å². The molecule has 0 saturated heterocycles. The molecule has 10 nitrogen and oxygen atoms in total. The van der Waals surface area contributed by atoms with E-state index in [1.807, 2.05) is 30.3 Å². The Morgan fingerprint density at radius 3 is 2.61 bits per heavy atom. The number of imidazole rings is 1. The van der Waals surface area contributed by atoms with Crippen molar-refractivity contribution in [1.29, 1.82) is 0 Å². The van der Waals surface area contributed by atoms with Gasteiger partial charge in [-0.1, -0.05) is 31.5 Å². The van der Waals surface area contributed by atoms with Crippen LogP contribution >= 0.6 is 0 Å². The predicted molar refractivity (Wildman–Crippen MR) is 151 cm³/mol. The molecule has 2 heterocycles. The molecule has 4 rings (SSSR count). The number of hydrogen-bond donors (Lipinski definition) is 0. The van der Waals surface area contributed by atoms with Gasteiger partial charge in [-0.25, -0.2) is 14.6 Å². The van der Waals surface area contributed by atoms with Crippen LogP contribution < -0.4 is 9.47 Å². The molecule has 1 aliphatic rings. The molecule has 10 heteroatoms. The van der Waals surface area contributed by atoms with E-state index in [9.17, 15) is 9.59 Å². The van der Waals surface area contributed by atoms with E-state index < -0.39 is 24.5 Å². The number of fused-ring (bicyclic) bond motifs is 1. The van der Waals surface area contributed by atoms with Crippen LogP contribution in [0.5, 0.6) is 11.5 Å². The summed E-state index contributed by atoms with van der Waals surface area (Å²) in [5.41, 5.74) is 3.40. The number of benzene rings is 2. The Balaban J connectivity index is 1.81. The number of aromatic nitrogens is 2. The van der Waals surface area contributed by atoms with Gasteiger partial charge >= 0.3 is 18.4 Å². The Morgan fingerprint density at radius 1 is 1.10 bits per heavy atom. The second-order valence-electron chi connectivity index (χ2n) is 9.32. The standard InChI is InChI=1S/C31H36N2O8/c1-6-8-11-23-25(36-3)15-14-24(28(23)30(35)37-4)33-19-32-18-21(33)16-20(29(34)39-7-2)17-27-22-12-9-10-13-26(22)40-31(38-5)41-27/h9-10,12-16,18-19,27,31H,6-8,11,17H2,1-5H3/b20-16+. The summed E-state index contributed by atoms with van der Waals surface area (Å²) in [6.07, 6.45) is 6.99. The molecule has 0 amide bonds. The van der Waals surface area contributed by atoms with Gasteiger partial charge < -0.3 is 28.4 Å². The van der Waals surface area contributed by atoms with Gasteiger partial charge in [0.05, 0.1) is 56.4 Å². The zero-order valence-corrected chi connectivity index (χ0v) is 24.0. The average Bonchev–Trinajstić information content (AvgIpc) is 3.46. The number of carbonyl (C=O) groups excluding carboxylic acids is 2. The van der Waals surface area contributed by atoms with Crippen molar-refractivity contribution in [2.75, 3.05) is 27.9 Å². The zero-order valence-electron chi connectivity index (χ0n) is 24.0. The maximum Gasteiger partial charge on any atom is 0.340 e. The molecule has 2 unspecified atom stereocenters. The van der Waals surface area contributed by atoms with Crippen LogP contribution in [0.2, 0.25) is 0 Å². The van der Waals surface area contributed by atoms with Crippen LogP contribution in [-0.2, 0) is 30.2 Å². The van der Waals surface area contributed by atoms with Crippen molar-refractivity contribution < 1.29 is 38.0 Å². The fourth-order valence-corrected chi connectivity index (χ4v) is 4.81. The van der Waals surface area contributed by atoms with Crippen molar-refractivity contribution in [3.8, 4) is 17.2 Å². The maximum atomic E-state index is 13.2. The van der Waals surface area contributed by atoms with Crippen LogP contribution in [0.25, 0.3) is 11.8 Å². The third-order valence-corrected chi connectivity index (χ3v) is 6.79. The Hall–Kier alpha value is -4.15. The normalized spacial score (nSPS) is 16.5. The smallest absolute Gasteiger partial charge is 0.340 e. The first-order valence-electron chi connectivity index (χ1n) is 13.6. The zero-order chi connectivity index (χ0) is 29.4. The van der Waals surface area contributed by atoms with E-state index in [-0.39, 0.29) is 13.0 Å². The third kappa shape index (κ3) is 6.61. The highest BCUT2D eigenvalue weighted by molar-refractivity contribution is 5.97. The largest absolute Gasteiger partial charge is 0.496 e. The molecule has 0 N–H and O–H groups in total. The molecule has 3 aromatic rings. The molecular weight excluding hydrogens is 528 g/mol. The number of para-hydroxylation sites is 1. The van der Waals surface area contributed by atoms with Gasteiger partial charge in [-0.05, 0) is 44.0 Å². The number of methoxy groups -OCH3 is 3. The number of hydrogen-bond acceptors (Lipinski definition) is 9. The fourth-order valence-electron chi connectivity index (χ4n) is 4.81. The van der Waals surface area contributed by atoms with E-state index in [0.717, 1.165) is 24.0 Å². The van der Waals surface area contributed by atoms with E-state index in [0.29, 0.717) is 40.4 Å². The third-order valence-electron chi connectivity index (χ3n) is 6.79. The highest BCUT2D eigenvalue weighted by Crippen LogP contribution is 2.39. The van der Waals surface area contributed by atoms with Crippen molar-refractivity contribution >= 4 is 18.0 Å². The molecule has 0 fully saturated rings. The molecule has 0 spiro atoms. The maximum absolute atomic E-state index is 13.2. The molecule has 2 aromatic carbocycles. The summed E-state index contributed by atoms with van der Waals surface area (Å²) in [5, 5.41) is 0. The van der Waals surface area contributed by atoms with Gasteiger partial charge in [0.2, 0.25) is 0 Å². The Morgan fingerprint density at radius 2 is 1.90 bits per heavy atom. The van der Waals surface area contributed by atoms with Crippen LogP contribution in [0.3, 0.4) is 0 Å². The molecule has 1 aliphatic heterocycles. The van der Waals surface area contributed by atoms with Crippen molar-refractivity contribution in [3.05, 3.63) is 76.9 Å². The summed E-state index contributed by atoms with van der Waals surface area (Å²) in [6.45, 7) is 3.11. The molecule has 218 valence electrons. The van der Waals surface area contributed by atoms with E-state index >= 15 is 0 Å². The topological polar surface area (TPSA) is 107 Å². The van der Waals surface area contributed by atoms with E-state index in [2.05, 4.69) is 11.9 Å². The highest BCUT2D eigenvalue weighted by atomic mass is 16.8. The summed E-state index contributed by atoms with van der Waals surface area (Å²) in [5.74, 6) is 0.241. The molecular formula is C31H36N2O8. The van der Waals surface area contributed by atoms with Crippen LogP contribution in [-0.4, -0.2) is 55.9 Å². The second kappa shape index (κ2) is 14.0. The minimum atomic E-state index is -0.924. The molecule has 0 saturated carbocycles. The number of rotatable bonds is 12. The summed E-state index contributed by atoms with van der Waals surface area (Å²) in [7, 11) is 4.41. The minimum absolute atomic E-state index is 0.179. The molecule has 1 aromatic heterocycles. The summed E-state index contributed by atoms with van der Waals surface area (Å²) < 4.78 is 35.0. The average molecular weight is 565 g/mol. The van der Waals surface area contributed by atoms with E-state index in [4.69, 9.17) is 28.4 Å². The molecule has 0 radical (unpaired) electrons. The summed E-state index contributed by atoms with van der Waals surface area (Å²) in [4.78, 5) is 30.6. The van der Waals surface area contributed by atoms with Crippen molar-refractivity contribution in [2.24, 2.45) is 0 Å². The van der Waals surface area contributed by atoms with Gasteiger partial charge in [-0.15, -0.1) is 0 Å². The SMILES string of the molecule is CCCCc1c(OC)ccc(-n2cncc2/C=C(\CC2OC(OC)Oc3ccccc32)C(=O)OCC)c1C(=O)OC. The lowest BCUT2D eigenvalue weighted by Gasteiger charge is -2.31. The van der Waals surface area contributed by atoms with Crippen LogP contribution in [0.15, 0.2) is 54.5 Å². The predicted octanol–water partition coefficient (Wildman–Crippen LogP) is 5.43. The van der Waals surface area contributed by atoms with E-state index in [1.165, 1.54) is 14.2 Å². The molecule has 41 heavy (non-hydrogen) atoms. The fraction of sp³-hybridized carbons (Fsp3) is 0.387. The van der Waals surface area contributed by atoms with Gasteiger partial charge in [0, 0.05) is 30.2 Å². The van der Waals surface area contributed by atoms with Crippen molar-refractivity contribution in [3.63, 3.8) is 0 Å². The number of esters is 2. The number of nitrogens with zero attached hydrogens (tertiary/aromatic N) is 2. The number of ether oxygens (including phenoxy) is 6. The lowest BCUT2D eigenvalue weighted by Crippen LogP contribution is -2.30. The minimum Gasteiger partial charge on any atom is -0.496 e. The lowest BCUT2D eigenvalue weighted by molar-refractivity contribution is -0.269. The first-order chi connectivity index (χ1) is 19.9. The Bertz CT molecular complexity index is 1400. The van der Waals surface area contributed by atoms with E-state index in [1.54, 1.807) is 43.3 Å². The van der Waals surface area contributed by atoms with Gasteiger partial charge in [0.25, 0.3) is 0 Å². The number of carbonyl (C=O) groups is 2. The Labute approximate surface area is 239 Å². The monoisotopic (exact) mass is 564 g/mol.